The zero-order valence-electron chi connectivity index (χ0n) is 7.83. The molecule has 2 N–H and O–H groups in total. The molecule has 1 aliphatic rings. The quantitative estimate of drug-likeness (QED) is 0.635. The summed E-state index contributed by atoms with van der Waals surface area (Å²) in [6, 6.07) is 0.409. The number of rotatable bonds is 3. The minimum absolute atomic E-state index is 0.409. The third-order valence-electron chi connectivity index (χ3n) is 2.19. The SMILES string of the molecule is C\C=C/C=C\C(=C/C)C1CC1N. The first-order valence-electron chi connectivity index (χ1n) is 4.50. The van der Waals surface area contributed by atoms with Crippen LogP contribution in [-0.4, -0.2) is 6.04 Å². The number of hydrogen-bond acceptors (Lipinski definition) is 1. The molecule has 0 aromatic heterocycles. The molecule has 0 aromatic carbocycles. The van der Waals surface area contributed by atoms with Crippen LogP contribution in [0.4, 0.5) is 0 Å². The highest BCUT2D eigenvalue weighted by atomic mass is 14.7. The van der Waals surface area contributed by atoms with E-state index in [1.54, 1.807) is 0 Å². The average molecular weight is 163 g/mol. The minimum atomic E-state index is 0.409. The van der Waals surface area contributed by atoms with Crippen LogP contribution < -0.4 is 5.73 Å². The lowest BCUT2D eigenvalue weighted by molar-refractivity contribution is 0.939. The van der Waals surface area contributed by atoms with Crippen LogP contribution in [0.3, 0.4) is 0 Å². The molecule has 1 aliphatic carbocycles. The van der Waals surface area contributed by atoms with Gasteiger partial charge in [0.05, 0.1) is 0 Å². The van der Waals surface area contributed by atoms with Gasteiger partial charge in [-0.05, 0) is 25.8 Å². The van der Waals surface area contributed by atoms with Crippen LogP contribution >= 0.6 is 0 Å². The summed E-state index contributed by atoms with van der Waals surface area (Å²) in [6.45, 7) is 4.09. The van der Waals surface area contributed by atoms with Crippen molar-refractivity contribution >= 4 is 0 Å². The molecule has 1 rings (SSSR count). The first-order chi connectivity index (χ1) is 5.79. The van der Waals surface area contributed by atoms with Crippen LogP contribution in [0.1, 0.15) is 20.3 Å². The molecule has 0 bridgehead atoms. The second kappa shape index (κ2) is 4.27. The van der Waals surface area contributed by atoms with Crippen LogP contribution in [0.2, 0.25) is 0 Å². The molecule has 0 spiro atoms. The smallest absolute Gasteiger partial charge is 0.0115 e. The fourth-order valence-corrected chi connectivity index (χ4v) is 1.31. The zero-order chi connectivity index (χ0) is 8.97. The van der Waals surface area contributed by atoms with Gasteiger partial charge in [0.15, 0.2) is 0 Å². The van der Waals surface area contributed by atoms with Gasteiger partial charge in [-0.25, -0.2) is 0 Å². The molecule has 0 radical (unpaired) electrons. The molecule has 0 heterocycles. The predicted octanol–water partition coefficient (Wildman–Crippen LogP) is 2.41. The molecular weight excluding hydrogens is 146 g/mol. The van der Waals surface area contributed by atoms with Crippen LogP contribution in [0.25, 0.3) is 0 Å². The molecule has 2 unspecified atom stereocenters. The van der Waals surface area contributed by atoms with Crippen LogP contribution in [0.15, 0.2) is 36.0 Å². The summed E-state index contributed by atoms with van der Waals surface area (Å²) < 4.78 is 0. The van der Waals surface area contributed by atoms with Crippen LogP contribution in [0, 0.1) is 5.92 Å². The Balaban J connectivity index is 2.48. The first kappa shape index (κ1) is 9.27. The lowest BCUT2D eigenvalue weighted by atomic mass is 10.1. The third-order valence-corrected chi connectivity index (χ3v) is 2.19. The summed E-state index contributed by atoms with van der Waals surface area (Å²) in [7, 11) is 0. The fourth-order valence-electron chi connectivity index (χ4n) is 1.31. The molecule has 0 aromatic rings. The Kier molecular flexibility index (Phi) is 3.30. The minimum Gasteiger partial charge on any atom is -0.327 e. The lowest BCUT2D eigenvalue weighted by Gasteiger charge is -1.95. The van der Waals surface area contributed by atoms with Crippen molar-refractivity contribution in [2.75, 3.05) is 0 Å². The average Bonchev–Trinajstić information content (AvgIpc) is 2.77. The highest BCUT2D eigenvalue weighted by Gasteiger charge is 2.34. The molecule has 2 atom stereocenters. The normalized spacial score (nSPS) is 30.4. The summed E-state index contributed by atoms with van der Waals surface area (Å²) in [4.78, 5) is 0. The lowest BCUT2D eigenvalue weighted by Crippen LogP contribution is -2.02. The maximum absolute atomic E-state index is 5.75. The first-order valence-corrected chi connectivity index (χ1v) is 4.50. The van der Waals surface area contributed by atoms with Crippen molar-refractivity contribution in [1.82, 2.24) is 0 Å². The van der Waals surface area contributed by atoms with Crippen molar-refractivity contribution in [3.8, 4) is 0 Å². The second-order valence-electron chi connectivity index (χ2n) is 3.18. The Morgan fingerprint density at radius 2 is 2.00 bits per heavy atom. The Labute approximate surface area is 74.7 Å². The zero-order valence-corrected chi connectivity index (χ0v) is 7.83. The van der Waals surface area contributed by atoms with Crippen molar-refractivity contribution in [2.24, 2.45) is 11.7 Å². The van der Waals surface area contributed by atoms with Gasteiger partial charge in [0.1, 0.15) is 0 Å². The van der Waals surface area contributed by atoms with Gasteiger partial charge in [-0.3, -0.25) is 0 Å². The van der Waals surface area contributed by atoms with E-state index in [9.17, 15) is 0 Å². The number of hydrogen-bond donors (Lipinski definition) is 1. The second-order valence-corrected chi connectivity index (χ2v) is 3.18. The van der Waals surface area contributed by atoms with E-state index in [-0.39, 0.29) is 0 Å². The maximum atomic E-state index is 5.75. The van der Waals surface area contributed by atoms with Gasteiger partial charge >= 0.3 is 0 Å². The highest BCUT2D eigenvalue weighted by molar-refractivity contribution is 5.30. The van der Waals surface area contributed by atoms with Gasteiger partial charge in [-0.1, -0.05) is 30.4 Å². The van der Waals surface area contributed by atoms with E-state index >= 15 is 0 Å². The van der Waals surface area contributed by atoms with E-state index < -0.39 is 0 Å². The predicted molar refractivity (Wildman–Crippen MR) is 53.8 cm³/mol. The molecule has 1 saturated carbocycles. The molecule has 66 valence electrons. The summed E-state index contributed by atoms with van der Waals surface area (Å²) in [6.07, 6.45) is 11.6. The number of allylic oxidation sites excluding steroid dienone is 5. The molecule has 0 amide bonds. The van der Waals surface area contributed by atoms with E-state index in [0.717, 1.165) is 6.42 Å². The van der Waals surface area contributed by atoms with E-state index in [4.69, 9.17) is 5.73 Å². The van der Waals surface area contributed by atoms with Crippen molar-refractivity contribution in [2.45, 2.75) is 26.3 Å². The molecular formula is C11H17N. The van der Waals surface area contributed by atoms with Crippen molar-refractivity contribution < 1.29 is 0 Å². The van der Waals surface area contributed by atoms with Gasteiger partial charge < -0.3 is 5.73 Å². The van der Waals surface area contributed by atoms with Crippen LogP contribution in [0.5, 0.6) is 0 Å². The number of nitrogens with two attached hydrogens (primary N) is 1. The molecule has 12 heavy (non-hydrogen) atoms. The van der Waals surface area contributed by atoms with Gasteiger partial charge in [-0.15, -0.1) is 0 Å². The van der Waals surface area contributed by atoms with Crippen molar-refractivity contribution in [3.63, 3.8) is 0 Å². The highest BCUT2D eigenvalue weighted by Crippen LogP contribution is 2.35. The Bertz CT molecular complexity index is 223. The van der Waals surface area contributed by atoms with E-state index in [0.29, 0.717) is 12.0 Å². The Hall–Kier alpha value is -0.820. The Morgan fingerprint density at radius 3 is 2.42 bits per heavy atom. The van der Waals surface area contributed by atoms with Crippen LogP contribution in [-0.2, 0) is 0 Å². The summed E-state index contributed by atoms with van der Waals surface area (Å²) in [5, 5.41) is 0. The molecule has 1 fully saturated rings. The monoisotopic (exact) mass is 163 g/mol. The fraction of sp³-hybridized carbons (Fsp3) is 0.455. The largest absolute Gasteiger partial charge is 0.327 e. The van der Waals surface area contributed by atoms with E-state index in [1.807, 2.05) is 19.1 Å². The van der Waals surface area contributed by atoms with Gasteiger partial charge in [0.25, 0.3) is 0 Å². The maximum Gasteiger partial charge on any atom is 0.0115 e. The summed E-state index contributed by atoms with van der Waals surface area (Å²) in [5.74, 6) is 0.622. The van der Waals surface area contributed by atoms with E-state index in [1.165, 1.54) is 5.57 Å². The van der Waals surface area contributed by atoms with E-state index in [2.05, 4.69) is 25.2 Å². The Morgan fingerprint density at radius 1 is 1.33 bits per heavy atom. The van der Waals surface area contributed by atoms with Gasteiger partial charge in [0, 0.05) is 12.0 Å². The van der Waals surface area contributed by atoms with Gasteiger partial charge in [-0.2, -0.15) is 0 Å². The van der Waals surface area contributed by atoms with Crippen molar-refractivity contribution in [3.05, 3.63) is 36.0 Å². The molecule has 1 heteroatoms. The van der Waals surface area contributed by atoms with Crippen molar-refractivity contribution in [1.29, 1.82) is 0 Å². The standard InChI is InChI=1S/C11H17N/c1-3-5-6-7-9(4-2)10-8-11(10)12/h3-7,10-11H,8,12H2,1-2H3/b5-3-,7-6-,9-4+. The third kappa shape index (κ3) is 2.35. The summed E-state index contributed by atoms with van der Waals surface area (Å²) in [5.41, 5.74) is 7.13. The topological polar surface area (TPSA) is 26.0 Å². The van der Waals surface area contributed by atoms with Gasteiger partial charge in [0.2, 0.25) is 0 Å². The summed E-state index contributed by atoms with van der Waals surface area (Å²) >= 11 is 0. The molecule has 0 saturated heterocycles. The molecule has 1 nitrogen and oxygen atoms in total. The molecule has 0 aliphatic heterocycles.